The number of benzene rings is 2. The van der Waals surface area contributed by atoms with Crippen LogP contribution in [0.15, 0.2) is 30.3 Å². The van der Waals surface area contributed by atoms with E-state index in [2.05, 4.69) is 0 Å². The summed E-state index contributed by atoms with van der Waals surface area (Å²) in [6.45, 7) is 1.49. The number of phenols is 2. The number of ketones is 1. The van der Waals surface area contributed by atoms with E-state index in [1.807, 2.05) is 0 Å². The highest BCUT2D eigenvalue weighted by molar-refractivity contribution is 6.00. The summed E-state index contributed by atoms with van der Waals surface area (Å²) < 4.78 is 0. The van der Waals surface area contributed by atoms with Gasteiger partial charge in [-0.1, -0.05) is 12.1 Å². The zero-order valence-electron chi connectivity index (χ0n) is 8.19. The Bertz CT molecular complexity index is 544. The number of carbonyl (C=O) groups is 1. The molecule has 0 saturated heterocycles. The SMILES string of the molecule is CC(=O)c1ccc2c(O)c(O)ccc2c1. The highest BCUT2D eigenvalue weighted by atomic mass is 16.3. The van der Waals surface area contributed by atoms with Crippen LogP contribution in [0.4, 0.5) is 0 Å². The Morgan fingerprint density at radius 1 is 1.13 bits per heavy atom. The summed E-state index contributed by atoms with van der Waals surface area (Å²) in [5.74, 6) is -0.329. The molecular formula is C12H10O3. The van der Waals surface area contributed by atoms with Crippen LogP contribution >= 0.6 is 0 Å². The summed E-state index contributed by atoms with van der Waals surface area (Å²) in [4.78, 5) is 11.1. The van der Waals surface area contributed by atoms with Gasteiger partial charge in [-0.3, -0.25) is 4.79 Å². The van der Waals surface area contributed by atoms with E-state index in [1.54, 1.807) is 24.3 Å². The fourth-order valence-electron chi connectivity index (χ4n) is 1.52. The second-order valence-corrected chi connectivity index (χ2v) is 3.43. The molecule has 0 saturated carbocycles. The molecule has 15 heavy (non-hydrogen) atoms. The van der Waals surface area contributed by atoms with E-state index in [0.29, 0.717) is 10.9 Å². The van der Waals surface area contributed by atoms with Crippen molar-refractivity contribution in [3.8, 4) is 11.5 Å². The second kappa shape index (κ2) is 3.28. The third-order valence-corrected chi connectivity index (χ3v) is 2.38. The lowest BCUT2D eigenvalue weighted by atomic mass is 10.0. The van der Waals surface area contributed by atoms with Gasteiger partial charge in [0, 0.05) is 10.9 Å². The lowest BCUT2D eigenvalue weighted by molar-refractivity contribution is 0.101. The molecule has 0 spiro atoms. The molecule has 2 aromatic carbocycles. The molecule has 0 aromatic heterocycles. The number of Topliss-reactive ketones (excluding diaryl/α,β-unsaturated/α-hetero) is 1. The molecule has 76 valence electrons. The summed E-state index contributed by atoms with van der Waals surface area (Å²) in [5.41, 5.74) is 0.590. The van der Waals surface area contributed by atoms with Crippen molar-refractivity contribution in [2.24, 2.45) is 0 Å². The van der Waals surface area contributed by atoms with E-state index in [4.69, 9.17) is 0 Å². The Hall–Kier alpha value is -2.03. The van der Waals surface area contributed by atoms with E-state index in [0.717, 1.165) is 5.39 Å². The molecular weight excluding hydrogens is 192 g/mol. The van der Waals surface area contributed by atoms with Crippen LogP contribution in [0.3, 0.4) is 0 Å². The standard InChI is InChI=1S/C12H10O3/c1-7(13)8-2-4-10-9(6-8)3-5-11(14)12(10)15/h2-6,14-15H,1H3. The molecule has 3 nitrogen and oxygen atoms in total. The van der Waals surface area contributed by atoms with Crippen molar-refractivity contribution in [2.45, 2.75) is 6.92 Å². The molecule has 0 aliphatic heterocycles. The maximum Gasteiger partial charge on any atom is 0.165 e. The molecule has 2 N–H and O–H groups in total. The number of rotatable bonds is 1. The zero-order valence-corrected chi connectivity index (χ0v) is 8.19. The number of carbonyl (C=O) groups excluding carboxylic acids is 1. The van der Waals surface area contributed by atoms with Crippen molar-refractivity contribution < 1.29 is 15.0 Å². The third-order valence-electron chi connectivity index (χ3n) is 2.38. The molecule has 0 unspecified atom stereocenters. The summed E-state index contributed by atoms with van der Waals surface area (Å²) >= 11 is 0. The van der Waals surface area contributed by atoms with Crippen molar-refractivity contribution in [3.05, 3.63) is 35.9 Å². The Balaban J connectivity index is 2.75. The number of hydrogen-bond donors (Lipinski definition) is 2. The van der Waals surface area contributed by atoms with Crippen LogP contribution in [0.1, 0.15) is 17.3 Å². The number of aromatic hydroxyl groups is 2. The van der Waals surface area contributed by atoms with Gasteiger partial charge < -0.3 is 10.2 Å². The highest BCUT2D eigenvalue weighted by Crippen LogP contribution is 2.33. The molecule has 2 rings (SSSR count). The van der Waals surface area contributed by atoms with Crippen LogP contribution in [-0.2, 0) is 0 Å². The van der Waals surface area contributed by atoms with Gasteiger partial charge in [-0.25, -0.2) is 0 Å². The fourth-order valence-corrected chi connectivity index (χ4v) is 1.52. The first-order chi connectivity index (χ1) is 7.09. The summed E-state index contributed by atoms with van der Waals surface area (Å²) in [5, 5.41) is 20.1. The van der Waals surface area contributed by atoms with Crippen molar-refractivity contribution in [1.29, 1.82) is 0 Å². The predicted octanol–water partition coefficient (Wildman–Crippen LogP) is 2.45. The number of hydrogen-bond acceptors (Lipinski definition) is 3. The van der Waals surface area contributed by atoms with E-state index < -0.39 is 0 Å². The van der Waals surface area contributed by atoms with Gasteiger partial charge in [0.1, 0.15) is 0 Å². The summed E-state index contributed by atoms with van der Waals surface area (Å²) in [7, 11) is 0. The van der Waals surface area contributed by atoms with Gasteiger partial charge in [-0.2, -0.15) is 0 Å². The van der Waals surface area contributed by atoms with Crippen LogP contribution in [-0.4, -0.2) is 16.0 Å². The average Bonchev–Trinajstić information content (AvgIpc) is 2.23. The van der Waals surface area contributed by atoms with E-state index >= 15 is 0 Å². The molecule has 0 fully saturated rings. The molecule has 0 radical (unpaired) electrons. The normalized spacial score (nSPS) is 10.5. The van der Waals surface area contributed by atoms with E-state index in [1.165, 1.54) is 13.0 Å². The molecule has 0 amide bonds. The fraction of sp³-hybridized carbons (Fsp3) is 0.0833. The smallest absolute Gasteiger partial charge is 0.165 e. The first kappa shape index (κ1) is 9.52. The third kappa shape index (κ3) is 1.52. The first-order valence-electron chi connectivity index (χ1n) is 4.55. The van der Waals surface area contributed by atoms with Gasteiger partial charge >= 0.3 is 0 Å². The maximum atomic E-state index is 11.1. The topological polar surface area (TPSA) is 57.5 Å². The molecule has 3 heteroatoms. The minimum atomic E-state index is -0.155. The summed E-state index contributed by atoms with van der Waals surface area (Å²) in [6.07, 6.45) is 0. The highest BCUT2D eigenvalue weighted by Gasteiger charge is 2.06. The molecule has 0 heterocycles. The Morgan fingerprint density at radius 2 is 1.87 bits per heavy atom. The average molecular weight is 202 g/mol. The van der Waals surface area contributed by atoms with Gasteiger partial charge in [-0.05, 0) is 30.5 Å². The van der Waals surface area contributed by atoms with Crippen LogP contribution in [0, 0.1) is 0 Å². The lowest BCUT2D eigenvalue weighted by Gasteiger charge is -2.04. The van der Waals surface area contributed by atoms with Crippen molar-refractivity contribution >= 4 is 16.6 Å². The Kier molecular flexibility index (Phi) is 2.08. The zero-order chi connectivity index (χ0) is 11.0. The number of phenolic OH excluding ortho intramolecular Hbond substituents is 2. The van der Waals surface area contributed by atoms with Gasteiger partial charge in [-0.15, -0.1) is 0 Å². The van der Waals surface area contributed by atoms with Crippen molar-refractivity contribution in [1.82, 2.24) is 0 Å². The lowest BCUT2D eigenvalue weighted by Crippen LogP contribution is -1.90. The van der Waals surface area contributed by atoms with E-state index in [9.17, 15) is 15.0 Å². The van der Waals surface area contributed by atoms with Gasteiger partial charge in [0.2, 0.25) is 0 Å². The van der Waals surface area contributed by atoms with Crippen LogP contribution in [0.2, 0.25) is 0 Å². The van der Waals surface area contributed by atoms with E-state index in [-0.39, 0.29) is 17.3 Å². The summed E-state index contributed by atoms with van der Waals surface area (Å²) in [6, 6.07) is 8.01. The Morgan fingerprint density at radius 3 is 2.53 bits per heavy atom. The number of fused-ring (bicyclic) bond motifs is 1. The van der Waals surface area contributed by atoms with Gasteiger partial charge in [0.15, 0.2) is 17.3 Å². The monoisotopic (exact) mass is 202 g/mol. The van der Waals surface area contributed by atoms with Crippen LogP contribution in [0.5, 0.6) is 11.5 Å². The molecule has 2 aromatic rings. The van der Waals surface area contributed by atoms with Gasteiger partial charge in [0.25, 0.3) is 0 Å². The molecule has 0 bridgehead atoms. The maximum absolute atomic E-state index is 11.1. The molecule has 0 aliphatic rings. The quantitative estimate of drug-likeness (QED) is 0.551. The minimum Gasteiger partial charge on any atom is -0.504 e. The second-order valence-electron chi connectivity index (χ2n) is 3.43. The first-order valence-corrected chi connectivity index (χ1v) is 4.55. The minimum absolute atomic E-state index is 0.0236. The predicted molar refractivity (Wildman–Crippen MR) is 57.3 cm³/mol. The van der Waals surface area contributed by atoms with Gasteiger partial charge in [0.05, 0.1) is 0 Å². The van der Waals surface area contributed by atoms with Crippen molar-refractivity contribution in [2.75, 3.05) is 0 Å². The largest absolute Gasteiger partial charge is 0.504 e. The Labute approximate surface area is 86.6 Å². The molecule has 0 aliphatic carbocycles. The molecule has 0 atom stereocenters. The van der Waals surface area contributed by atoms with Crippen LogP contribution < -0.4 is 0 Å². The van der Waals surface area contributed by atoms with Crippen LogP contribution in [0.25, 0.3) is 10.8 Å². The van der Waals surface area contributed by atoms with Crippen molar-refractivity contribution in [3.63, 3.8) is 0 Å².